The maximum atomic E-state index is 13.5. The number of hydrogen-bond donors (Lipinski definition) is 3. The summed E-state index contributed by atoms with van der Waals surface area (Å²) >= 11 is 0. The fourth-order valence-electron chi connectivity index (χ4n) is 1.49. The SMILES string of the molecule is CCCCNCC(O)c1ccc(F)c(N)c1F. The molecule has 1 unspecified atom stereocenters. The molecule has 0 amide bonds. The topological polar surface area (TPSA) is 58.3 Å². The molecule has 0 aliphatic rings. The van der Waals surface area contributed by atoms with Gasteiger partial charge in [0.25, 0.3) is 0 Å². The van der Waals surface area contributed by atoms with Crippen molar-refractivity contribution in [3.05, 3.63) is 29.3 Å². The van der Waals surface area contributed by atoms with Crippen LogP contribution >= 0.6 is 0 Å². The predicted molar refractivity (Wildman–Crippen MR) is 63.5 cm³/mol. The van der Waals surface area contributed by atoms with Crippen LogP contribution in [0.1, 0.15) is 31.4 Å². The van der Waals surface area contributed by atoms with E-state index in [4.69, 9.17) is 5.73 Å². The van der Waals surface area contributed by atoms with Gasteiger partial charge in [0.1, 0.15) is 11.5 Å². The number of hydrogen-bond acceptors (Lipinski definition) is 3. The molecule has 3 nitrogen and oxygen atoms in total. The molecule has 17 heavy (non-hydrogen) atoms. The van der Waals surface area contributed by atoms with Crippen molar-refractivity contribution in [2.45, 2.75) is 25.9 Å². The Morgan fingerprint density at radius 2 is 2.12 bits per heavy atom. The van der Waals surface area contributed by atoms with Crippen molar-refractivity contribution in [3.63, 3.8) is 0 Å². The summed E-state index contributed by atoms with van der Waals surface area (Å²) in [4.78, 5) is 0. The first-order valence-corrected chi connectivity index (χ1v) is 5.70. The maximum absolute atomic E-state index is 13.5. The van der Waals surface area contributed by atoms with Gasteiger partial charge in [-0.25, -0.2) is 8.78 Å². The van der Waals surface area contributed by atoms with E-state index in [1.807, 2.05) is 0 Å². The van der Waals surface area contributed by atoms with Crippen LogP contribution in [-0.2, 0) is 0 Å². The van der Waals surface area contributed by atoms with Gasteiger partial charge in [0.15, 0.2) is 5.82 Å². The van der Waals surface area contributed by atoms with Crippen LogP contribution in [0.3, 0.4) is 0 Å². The molecule has 1 aromatic rings. The smallest absolute Gasteiger partial charge is 0.154 e. The quantitative estimate of drug-likeness (QED) is 0.529. The summed E-state index contributed by atoms with van der Waals surface area (Å²) in [6, 6.07) is 2.27. The molecule has 0 fully saturated rings. The molecule has 0 saturated carbocycles. The number of nitrogens with one attached hydrogen (secondary N) is 1. The first kappa shape index (κ1) is 13.9. The highest BCUT2D eigenvalue weighted by Crippen LogP contribution is 2.23. The Bertz CT molecular complexity index is 372. The average molecular weight is 244 g/mol. The average Bonchev–Trinajstić information content (AvgIpc) is 2.31. The van der Waals surface area contributed by atoms with E-state index in [2.05, 4.69) is 12.2 Å². The van der Waals surface area contributed by atoms with Gasteiger partial charge in [-0.3, -0.25) is 0 Å². The van der Waals surface area contributed by atoms with E-state index in [0.29, 0.717) is 0 Å². The Labute approximate surface area is 99.6 Å². The van der Waals surface area contributed by atoms with Crippen LogP contribution in [-0.4, -0.2) is 18.2 Å². The Hall–Kier alpha value is -1.20. The second-order valence-corrected chi connectivity index (χ2v) is 3.94. The minimum absolute atomic E-state index is 0.0212. The third-order valence-electron chi connectivity index (χ3n) is 2.56. The minimum atomic E-state index is -1.02. The summed E-state index contributed by atoms with van der Waals surface area (Å²) in [6.07, 6.45) is 1.01. The predicted octanol–water partition coefficient (Wildman–Crippen LogP) is 1.97. The summed E-state index contributed by atoms with van der Waals surface area (Å²) in [5.74, 6) is -1.69. The van der Waals surface area contributed by atoms with Crippen LogP contribution in [0.4, 0.5) is 14.5 Å². The van der Waals surface area contributed by atoms with E-state index in [9.17, 15) is 13.9 Å². The van der Waals surface area contributed by atoms with E-state index < -0.39 is 23.4 Å². The van der Waals surface area contributed by atoms with Crippen LogP contribution in [0, 0.1) is 11.6 Å². The Balaban J connectivity index is 2.63. The van der Waals surface area contributed by atoms with Gasteiger partial charge in [0, 0.05) is 12.1 Å². The van der Waals surface area contributed by atoms with E-state index >= 15 is 0 Å². The summed E-state index contributed by atoms with van der Waals surface area (Å²) in [7, 11) is 0. The Morgan fingerprint density at radius 1 is 1.41 bits per heavy atom. The van der Waals surface area contributed by atoms with Crippen molar-refractivity contribution in [2.75, 3.05) is 18.8 Å². The normalized spacial score (nSPS) is 12.7. The molecule has 96 valence electrons. The number of aliphatic hydroxyl groups is 1. The summed E-state index contributed by atoms with van der Waals surface area (Å²) in [5, 5.41) is 12.7. The van der Waals surface area contributed by atoms with Gasteiger partial charge in [-0.2, -0.15) is 0 Å². The molecule has 1 aromatic carbocycles. The number of unbranched alkanes of at least 4 members (excludes halogenated alkanes) is 1. The number of anilines is 1. The molecular weight excluding hydrogens is 226 g/mol. The molecule has 0 bridgehead atoms. The van der Waals surface area contributed by atoms with Gasteiger partial charge in [-0.15, -0.1) is 0 Å². The molecule has 1 atom stereocenters. The van der Waals surface area contributed by atoms with E-state index in [-0.39, 0.29) is 12.1 Å². The first-order chi connectivity index (χ1) is 8.07. The third-order valence-corrected chi connectivity index (χ3v) is 2.56. The fourth-order valence-corrected chi connectivity index (χ4v) is 1.49. The van der Waals surface area contributed by atoms with Gasteiger partial charge < -0.3 is 16.2 Å². The van der Waals surface area contributed by atoms with Crippen molar-refractivity contribution in [1.82, 2.24) is 5.32 Å². The number of halogens is 2. The zero-order valence-corrected chi connectivity index (χ0v) is 9.84. The lowest BCUT2D eigenvalue weighted by atomic mass is 10.1. The van der Waals surface area contributed by atoms with E-state index in [1.165, 1.54) is 6.07 Å². The summed E-state index contributed by atoms with van der Waals surface area (Å²) in [6.45, 7) is 3.03. The van der Waals surface area contributed by atoms with Gasteiger partial charge in [-0.05, 0) is 19.0 Å². The van der Waals surface area contributed by atoms with Crippen LogP contribution in [0.2, 0.25) is 0 Å². The van der Waals surface area contributed by atoms with E-state index in [0.717, 1.165) is 25.5 Å². The second kappa shape index (κ2) is 6.51. The van der Waals surface area contributed by atoms with E-state index in [1.54, 1.807) is 0 Å². The molecule has 0 aliphatic heterocycles. The van der Waals surface area contributed by atoms with Crippen LogP contribution < -0.4 is 11.1 Å². The maximum Gasteiger partial charge on any atom is 0.154 e. The van der Waals surface area contributed by atoms with Crippen molar-refractivity contribution >= 4 is 5.69 Å². The lowest BCUT2D eigenvalue weighted by molar-refractivity contribution is 0.170. The zero-order chi connectivity index (χ0) is 12.8. The first-order valence-electron chi connectivity index (χ1n) is 5.70. The fraction of sp³-hybridized carbons (Fsp3) is 0.500. The standard InChI is InChI=1S/C12H18F2N2O/c1-2-3-6-16-7-10(17)8-4-5-9(13)12(15)11(8)14/h4-5,10,16-17H,2-3,6-7,15H2,1H3. The molecule has 0 aliphatic carbocycles. The van der Waals surface area contributed by atoms with Crippen LogP contribution in [0.15, 0.2) is 12.1 Å². The molecule has 0 radical (unpaired) electrons. The minimum Gasteiger partial charge on any atom is -0.394 e. The highest BCUT2D eigenvalue weighted by molar-refractivity contribution is 5.45. The summed E-state index contributed by atoms with van der Waals surface area (Å²) < 4.78 is 26.4. The number of aliphatic hydroxyl groups excluding tert-OH is 1. The van der Waals surface area contributed by atoms with Crippen molar-refractivity contribution in [3.8, 4) is 0 Å². The summed E-state index contributed by atoms with van der Waals surface area (Å²) in [5.41, 5.74) is 4.69. The number of rotatable bonds is 6. The highest BCUT2D eigenvalue weighted by atomic mass is 19.1. The molecule has 5 heteroatoms. The van der Waals surface area contributed by atoms with Gasteiger partial charge in [0.05, 0.1) is 6.10 Å². The highest BCUT2D eigenvalue weighted by Gasteiger charge is 2.16. The molecule has 4 N–H and O–H groups in total. The van der Waals surface area contributed by atoms with Crippen molar-refractivity contribution < 1.29 is 13.9 Å². The lowest BCUT2D eigenvalue weighted by Crippen LogP contribution is -2.23. The van der Waals surface area contributed by atoms with Crippen LogP contribution in [0.5, 0.6) is 0 Å². The largest absolute Gasteiger partial charge is 0.394 e. The monoisotopic (exact) mass is 244 g/mol. The van der Waals surface area contributed by atoms with Gasteiger partial charge >= 0.3 is 0 Å². The zero-order valence-electron chi connectivity index (χ0n) is 9.84. The number of nitrogens with two attached hydrogens (primary N) is 1. The number of benzene rings is 1. The lowest BCUT2D eigenvalue weighted by Gasteiger charge is -2.14. The molecule has 0 spiro atoms. The third kappa shape index (κ3) is 3.64. The molecule has 0 saturated heterocycles. The Morgan fingerprint density at radius 3 is 2.76 bits per heavy atom. The van der Waals surface area contributed by atoms with Crippen molar-refractivity contribution in [1.29, 1.82) is 0 Å². The van der Waals surface area contributed by atoms with Crippen LogP contribution in [0.25, 0.3) is 0 Å². The Kier molecular flexibility index (Phi) is 5.31. The second-order valence-electron chi connectivity index (χ2n) is 3.94. The molecule has 1 rings (SSSR count). The number of nitrogen functional groups attached to an aromatic ring is 1. The molecule has 0 heterocycles. The van der Waals surface area contributed by atoms with Gasteiger partial charge in [-0.1, -0.05) is 19.4 Å². The molecule has 0 aromatic heterocycles. The van der Waals surface area contributed by atoms with Gasteiger partial charge in [0.2, 0.25) is 0 Å². The van der Waals surface area contributed by atoms with Crippen molar-refractivity contribution in [2.24, 2.45) is 0 Å². The molecular formula is C12H18F2N2O.